The summed E-state index contributed by atoms with van der Waals surface area (Å²) < 4.78 is 4.16. The van der Waals surface area contributed by atoms with E-state index in [1.165, 1.54) is 11.5 Å². The van der Waals surface area contributed by atoms with Crippen LogP contribution in [0.4, 0.5) is 5.13 Å². The second kappa shape index (κ2) is 5.65. The number of carboxylic acids is 1. The Morgan fingerprint density at radius 1 is 1.67 bits per heavy atom. The Labute approximate surface area is 92.7 Å². The van der Waals surface area contributed by atoms with Crippen LogP contribution in [-0.4, -0.2) is 26.5 Å². The van der Waals surface area contributed by atoms with Crippen LogP contribution in [0.25, 0.3) is 0 Å². The molecule has 1 heterocycles. The predicted octanol–water partition coefficient (Wildman–Crippen LogP) is 1.77. The first-order valence-electron chi connectivity index (χ1n) is 4.92. The Balaban J connectivity index is 2.45. The minimum Gasteiger partial charge on any atom is -0.481 e. The van der Waals surface area contributed by atoms with Crippen LogP contribution in [0, 0.1) is 0 Å². The fourth-order valence-corrected chi connectivity index (χ4v) is 1.89. The number of aromatic nitrogens is 2. The summed E-state index contributed by atoms with van der Waals surface area (Å²) >= 11 is 1.28. The van der Waals surface area contributed by atoms with Gasteiger partial charge in [0.15, 0.2) is 0 Å². The van der Waals surface area contributed by atoms with Crippen molar-refractivity contribution in [3.05, 3.63) is 5.82 Å². The first-order chi connectivity index (χ1) is 7.11. The molecule has 0 fully saturated rings. The van der Waals surface area contributed by atoms with E-state index in [1.54, 1.807) is 0 Å². The van der Waals surface area contributed by atoms with Gasteiger partial charge in [0.25, 0.3) is 0 Å². The standard InChI is InChI=1S/C9H15N3O2S/c1-3-4-7-11-9(15-12-7)10-6(2)5-8(13)14/h6H,3-5H2,1-2H3,(H,13,14)(H,10,11,12). The molecule has 0 aliphatic heterocycles. The number of rotatable bonds is 6. The number of nitrogens with one attached hydrogen (secondary N) is 1. The molecule has 84 valence electrons. The molecule has 0 spiro atoms. The number of aliphatic carboxylic acids is 1. The van der Waals surface area contributed by atoms with Gasteiger partial charge in [0.1, 0.15) is 5.82 Å². The summed E-state index contributed by atoms with van der Waals surface area (Å²) in [4.78, 5) is 14.7. The van der Waals surface area contributed by atoms with Crippen molar-refractivity contribution in [2.24, 2.45) is 0 Å². The molecule has 0 bridgehead atoms. The maximum atomic E-state index is 10.4. The fourth-order valence-electron chi connectivity index (χ4n) is 1.16. The summed E-state index contributed by atoms with van der Waals surface area (Å²) in [5, 5.41) is 12.3. The second-order valence-corrected chi connectivity index (χ2v) is 4.16. The van der Waals surface area contributed by atoms with Crippen molar-refractivity contribution in [1.82, 2.24) is 9.36 Å². The lowest BCUT2D eigenvalue weighted by molar-refractivity contribution is -0.137. The van der Waals surface area contributed by atoms with Gasteiger partial charge in [-0.05, 0) is 13.3 Å². The van der Waals surface area contributed by atoms with Crippen LogP contribution in [0.2, 0.25) is 0 Å². The smallest absolute Gasteiger partial charge is 0.305 e. The maximum Gasteiger partial charge on any atom is 0.305 e. The molecule has 2 N–H and O–H groups in total. The van der Waals surface area contributed by atoms with Crippen molar-refractivity contribution in [2.75, 3.05) is 5.32 Å². The van der Waals surface area contributed by atoms with Crippen molar-refractivity contribution < 1.29 is 9.90 Å². The Hall–Kier alpha value is -1.17. The number of carboxylic acid groups (broad SMARTS) is 1. The van der Waals surface area contributed by atoms with Crippen LogP contribution >= 0.6 is 11.5 Å². The van der Waals surface area contributed by atoms with E-state index in [0.717, 1.165) is 18.7 Å². The Morgan fingerprint density at radius 3 is 3.00 bits per heavy atom. The number of hydrogen-bond acceptors (Lipinski definition) is 5. The average molecular weight is 229 g/mol. The van der Waals surface area contributed by atoms with Crippen molar-refractivity contribution in [1.29, 1.82) is 0 Å². The number of anilines is 1. The lowest BCUT2D eigenvalue weighted by Crippen LogP contribution is -2.19. The van der Waals surface area contributed by atoms with Gasteiger partial charge in [0.05, 0.1) is 6.42 Å². The summed E-state index contributed by atoms with van der Waals surface area (Å²) in [6.07, 6.45) is 1.97. The quantitative estimate of drug-likeness (QED) is 0.777. The third-order valence-corrected chi connectivity index (χ3v) is 2.48. The first-order valence-corrected chi connectivity index (χ1v) is 5.70. The molecule has 1 rings (SSSR count). The van der Waals surface area contributed by atoms with Gasteiger partial charge in [-0.25, -0.2) is 4.98 Å². The monoisotopic (exact) mass is 229 g/mol. The van der Waals surface area contributed by atoms with E-state index < -0.39 is 5.97 Å². The van der Waals surface area contributed by atoms with Crippen molar-refractivity contribution in [3.63, 3.8) is 0 Å². The van der Waals surface area contributed by atoms with E-state index >= 15 is 0 Å². The summed E-state index contributed by atoms with van der Waals surface area (Å²) in [7, 11) is 0. The van der Waals surface area contributed by atoms with Crippen LogP contribution < -0.4 is 5.32 Å². The van der Waals surface area contributed by atoms with Gasteiger partial charge >= 0.3 is 5.97 Å². The summed E-state index contributed by atoms with van der Waals surface area (Å²) in [6, 6.07) is -0.120. The van der Waals surface area contributed by atoms with Gasteiger partial charge in [-0.3, -0.25) is 4.79 Å². The van der Waals surface area contributed by atoms with Crippen LogP contribution in [0.5, 0.6) is 0 Å². The number of hydrogen-bond donors (Lipinski definition) is 2. The van der Waals surface area contributed by atoms with E-state index in [4.69, 9.17) is 5.11 Å². The molecule has 5 nitrogen and oxygen atoms in total. The number of carbonyl (C=O) groups is 1. The third-order valence-electron chi connectivity index (χ3n) is 1.79. The molecular weight excluding hydrogens is 214 g/mol. The first kappa shape index (κ1) is 11.9. The van der Waals surface area contributed by atoms with Crippen molar-refractivity contribution >= 4 is 22.6 Å². The number of nitrogens with zero attached hydrogens (tertiary/aromatic N) is 2. The Kier molecular flexibility index (Phi) is 4.48. The summed E-state index contributed by atoms with van der Waals surface area (Å²) in [6.45, 7) is 3.89. The topological polar surface area (TPSA) is 75.1 Å². The van der Waals surface area contributed by atoms with E-state index in [9.17, 15) is 4.79 Å². The largest absolute Gasteiger partial charge is 0.481 e. The minimum absolute atomic E-state index is 0.0860. The molecule has 1 unspecified atom stereocenters. The van der Waals surface area contributed by atoms with Crippen molar-refractivity contribution in [3.8, 4) is 0 Å². The molecule has 0 aliphatic rings. The van der Waals surface area contributed by atoms with Gasteiger partial charge in [-0.1, -0.05) is 6.92 Å². The molecule has 1 atom stereocenters. The zero-order valence-corrected chi connectivity index (χ0v) is 9.67. The minimum atomic E-state index is -0.812. The second-order valence-electron chi connectivity index (χ2n) is 3.41. The fraction of sp³-hybridized carbons (Fsp3) is 0.667. The Bertz CT molecular complexity index is 327. The van der Waals surface area contributed by atoms with E-state index in [-0.39, 0.29) is 12.5 Å². The zero-order valence-electron chi connectivity index (χ0n) is 8.86. The predicted molar refractivity (Wildman–Crippen MR) is 59.2 cm³/mol. The summed E-state index contributed by atoms with van der Waals surface area (Å²) in [5.41, 5.74) is 0. The zero-order chi connectivity index (χ0) is 11.3. The normalized spacial score (nSPS) is 12.4. The van der Waals surface area contributed by atoms with Gasteiger partial charge in [-0.2, -0.15) is 4.37 Å². The van der Waals surface area contributed by atoms with Crippen LogP contribution in [0.1, 0.15) is 32.5 Å². The molecule has 1 aromatic rings. The maximum absolute atomic E-state index is 10.4. The number of aryl methyl sites for hydroxylation is 1. The highest BCUT2D eigenvalue weighted by Gasteiger charge is 2.10. The van der Waals surface area contributed by atoms with Crippen LogP contribution in [0.3, 0.4) is 0 Å². The van der Waals surface area contributed by atoms with Gasteiger partial charge < -0.3 is 10.4 Å². The third kappa shape index (κ3) is 4.24. The molecule has 0 aromatic carbocycles. The van der Waals surface area contributed by atoms with Crippen LogP contribution in [-0.2, 0) is 11.2 Å². The van der Waals surface area contributed by atoms with Crippen molar-refractivity contribution in [2.45, 2.75) is 39.2 Å². The molecule has 15 heavy (non-hydrogen) atoms. The van der Waals surface area contributed by atoms with E-state index in [0.29, 0.717) is 5.13 Å². The summed E-state index contributed by atoms with van der Waals surface area (Å²) in [5.74, 6) is 0.0146. The highest BCUT2D eigenvalue weighted by atomic mass is 32.1. The Morgan fingerprint density at radius 2 is 2.40 bits per heavy atom. The van der Waals surface area contributed by atoms with Gasteiger partial charge in [0.2, 0.25) is 5.13 Å². The van der Waals surface area contributed by atoms with E-state index in [2.05, 4.69) is 21.6 Å². The molecule has 6 heteroatoms. The average Bonchev–Trinajstić information content (AvgIpc) is 2.51. The lowest BCUT2D eigenvalue weighted by atomic mass is 10.2. The highest BCUT2D eigenvalue weighted by Crippen LogP contribution is 2.14. The molecular formula is C9H15N3O2S. The van der Waals surface area contributed by atoms with Gasteiger partial charge in [0, 0.05) is 24.0 Å². The molecule has 1 aromatic heterocycles. The molecule has 0 saturated heterocycles. The SMILES string of the molecule is CCCc1nsc(NC(C)CC(=O)O)n1. The molecule has 0 saturated carbocycles. The molecule has 0 aliphatic carbocycles. The molecule has 0 amide bonds. The highest BCUT2D eigenvalue weighted by molar-refractivity contribution is 7.09. The molecule has 0 radical (unpaired) electrons. The lowest BCUT2D eigenvalue weighted by Gasteiger charge is -2.08. The van der Waals surface area contributed by atoms with Crippen LogP contribution in [0.15, 0.2) is 0 Å². The van der Waals surface area contributed by atoms with E-state index in [1.807, 2.05) is 6.92 Å². The van der Waals surface area contributed by atoms with Gasteiger partial charge in [-0.15, -0.1) is 0 Å².